The van der Waals surface area contributed by atoms with E-state index in [1.54, 1.807) is 0 Å². The molecule has 0 saturated heterocycles. The summed E-state index contributed by atoms with van der Waals surface area (Å²) in [5.41, 5.74) is 0. The van der Waals surface area contributed by atoms with Crippen LogP contribution in [0.1, 0.15) is 290 Å². The smallest absolute Gasteiger partial charge is 0.306 e. The van der Waals surface area contributed by atoms with Crippen LogP contribution in [-0.4, -0.2) is 37.2 Å². The van der Waals surface area contributed by atoms with Crippen LogP contribution < -0.4 is 0 Å². The molecule has 0 heterocycles. The van der Waals surface area contributed by atoms with E-state index in [0.29, 0.717) is 19.3 Å². The third-order valence-corrected chi connectivity index (χ3v) is 12.7. The maximum atomic E-state index is 12.8. The lowest BCUT2D eigenvalue weighted by Gasteiger charge is -2.18. The van der Waals surface area contributed by atoms with Crippen LogP contribution in [0.25, 0.3) is 0 Å². The maximum absolute atomic E-state index is 12.8. The molecule has 0 saturated carbocycles. The summed E-state index contributed by atoms with van der Waals surface area (Å²) < 4.78 is 16.8. The van der Waals surface area contributed by atoms with E-state index in [-0.39, 0.29) is 37.5 Å². The van der Waals surface area contributed by atoms with E-state index >= 15 is 0 Å². The van der Waals surface area contributed by atoms with Crippen molar-refractivity contribution in [2.75, 3.05) is 13.2 Å². The Morgan fingerprint density at radius 2 is 0.565 bits per heavy atom. The molecular weight excluding hydrogens is 853 g/mol. The number of allylic oxidation sites excluding steroid dienone is 12. The van der Waals surface area contributed by atoms with Gasteiger partial charge in [0.05, 0.1) is 0 Å². The normalized spacial score (nSPS) is 12.6. The highest BCUT2D eigenvalue weighted by atomic mass is 16.6. The standard InChI is InChI=1S/C63H110O6/c1-4-7-10-13-16-19-21-23-25-27-29-30-31-32-34-35-37-39-41-44-47-50-53-56-62(65)68-59-60(58-67-61(64)55-52-49-46-43-18-15-12-9-6-3)69-63(66)57-54-51-48-45-42-40-38-36-33-28-26-24-22-20-17-14-11-8-5-2/h8,11,17,20,24,26,33,36,40,42,48,51,60H,4-7,9-10,12-16,18-19,21-23,25,27-32,34-35,37-39,41,43-47,49-50,52-59H2,1-3H3/b11-8-,20-17-,26-24-,36-33-,42-40-,51-48-. The lowest BCUT2D eigenvalue weighted by atomic mass is 10.0. The molecule has 398 valence electrons. The Hall–Kier alpha value is -3.15. The van der Waals surface area contributed by atoms with Gasteiger partial charge in [0.1, 0.15) is 13.2 Å². The van der Waals surface area contributed by atoms with Crippen LogP contribution >= 0.6 is 0 Å². The van der Waals surface area contributed by atoms with E-state index in [9.17, 15) is 14.4 Å². The Bertz CT molecular complexity index is 1290. The first-order chi connectivity index (χ1) is 34.0. The van der Waals surface area contributed by atoms with E-state index in [1.807, 2.05) is 6.08 Å². The van der Waals surface area contributed by atoms with Crippen molar-refractivity contribution < 1.29 is 28.6 Å². The summed E-state index contributed by atoms with van der Waals surface area (Å²) in [4.78, 5) is 38.0. The van der Waals surface area contributed by atoms with Gasteiger partial charge in [-0.25, -0.2) is 0 Å². The van der Waals surface area contributed by atoms with Crippen LogP contribution in [0, 0.1) is 0 Å². The van der Waals surface area contributed by atoms with Crippen molar-refractivity contribution in [3.8, 4) is 0 Å². The lowest BCUT2D eigenvalue weighted by Crippen LogP contribution is -2.30. The maximum Gasteiger partial charge on any atom is 0.306 e. The van der Waals surface area contributed by atoms with Gasteiger partial charge in [-0.3, -0.25) is 14.4 Å². The van der Waals surface area contributed by atoms with E-state index in [4.69, 9.17) is 14.2 Å². The molecule has 0 N–H and O–H groups in total. The van der Waals surface area contributed by atoms with Crippen molar-refractivity contribution in [2.45, 2.75) is 297 Å². The third-order valence-electron chi connectivity index (χ3n) is 12.7. The molecule has 0 aliphatic carbocycles. The van der Waals surface area contributed by atoms with Gasteiger partial charge in [-0.05, 0) is 57.8 Å². The van der Waals surface area contributed by atoms with Gasteiger partial charge in [0, 0.05) is 19.3 Å². The minimum absolute atomic E-state index is 0.102. The highest BCUT2D eigenvalue weighted by Gasteiger charge is 2.19. The summed E-state index contributed by atoms with van der Waals surface area (Å²) in [7, 11) is 0. The fourth-order valence-corrected chi connectivity index (χ4v) is 8.35. The largest absolute Gasteiger partial charge is 0.462 e. The zero-order chi connectivity index (χ0) is 50.0. The van der Waals surface area contributed by atoms with Crippen LogP contribution in [0.5, 0.6) is 0 Å². The number of ether oxygens (including phenoxy) is 3. The highest BCUT2D eigenvalue weighted by molar-refractivity contribution is 5.71. The van der Waals surface area contributed by atoms with Crippen molar-refractivity contribution in [2.24, 2.45) is 0 Å². The average molecular weight is 964 g/mol. The van der Waals surface area contributed by atoms with Crippen molar-refractivity contribution >= 4 is 17.9 Å². The van der Waals surface area contributed by atoms with Gasteiger partial charge in [-0.1, -0.05) is 286 Å². The van der Waals surface area contributed by atoms with Crippen molar-refractivity contribution in [1.82, 2.24) is 0 Å². The Morgan fingerprint density at radius 3 is 0.855 bits per heavy atom. The predicted octanol–water partition coefficient (Wildman–Crippen LogP) is 19.8. The number of unbranched alkanes of at least 4 members (excludes halogenated alkanes) is 30. The van der Waals surface area contributed by atoms with Crippen LogP contribution in [0.2, 0.25) is 0 Å². The first kappa shape index (κ1) is 65.8. The molecule has 0 bridgehead atoms. The van der Waals surface area contributed by atoms with Gasteiger partial charge >= 0.3 is 17.9 Å². The fraction of sp³-hybridized carbons (Fsp3) is 0.762. The number of rotatable bonds is 53. The van der Waals surface area contributed by atoms with Crippen molar-refractivity contribution in [1.29, 1.82) is 0 Å². The van der Waals surface area contributed by atoms with E-state index in [1.165, 1.54) is 167 Å². The molecule has 0 aromatic heterocycles. The molecule has 0 fully saturated rings. The Balaban J connectivity index is 4.31. The van der Waals surface area contributed by atoms with Crippen LogP contribution in [0.3, 0.4) is 0 Å². The summed E-state index contributed by atoms with van der Waals surface area (Å²) in [6.45, 7) is 6.47. The molecule has 0 amide bonds. The Kier molecular flexibility index (Phi) is 54.8. The van der Waals surface area contributed by atoms with Gasteiger partial charge in [0.15, 0.2) is 6.10 Å². The summed E-state index contributed by atoms with van der Waals surface area (Å²) in [5, 5.41) is 0. The Labute approximate surface area is 427 Å². The molecule has 6 nitrogen and oxygen atoms in total. The average Bonchev–Trinajstić information content (AvgIpc) is 3.35. The first-order valence-electron chi connectivity index (χ1n) is 29.4. The van der Waals surface area contributed by atoms with Crippen LogP contribution in [0.4, 0.5) is 0 Å². The van der Waals surface area contributed by atoms with Crippen molar-refractivity contribution in [3.05, 3.63) is 72.9 Å². The van der Waals surface area contributed by atoms with Crippen LogP contribution in [-0.2, 0) is 28.6 Å². The Morgan fingerprint density at radius 1 is 0.304 bits per heavy atom. The molecule has 6 heteroatoms. The second kappa shape index (κ2) is 57.4. The zero-order valence-electron chi connectivity index (χ0n) is 45.6. The first-order valence-corrected chi connectivity index (χ1v) is 29.4. The van der Waals surface area contributed by atoms with Gasteiger partial charge < -0.3 is 14.2 Å². The number of carbonyl (C=O) groups is 3. The molecule has 0 radical (unpaired) electrons. The quantitative estimate of drug-likeness (QED) is 0.0262. The van der Waals surface area contributed by atoms with Crippen molar-refractivity contribution in [3.63, 3.8) is 0 Å². The van der Waals surface area contributed by atoms with E-state index in [0.717, 1.165) is 77.0 Å². The second-order valence-corrected chi connectivity index (χ2v) is 19.5. The molecule has 0 rings (SSSR count). The molecule has 0 aliphatic heterocycles. The summed E-state index contributed by atoms with van der Waals surface area (Å²) >= 11 is 0. The topological polar surface area (TPSA) is 78.9 Å². The molecule has 0 spiro atoms. The van der Waals surface area contributed by atoms with Gasteiger partial charge in [0.2, 0.25) is 0 Å². The summed E-state index contributed by atoms with van der Waals surface area (Å²) in [5.74, 6) is -0.979. The monoisotopic (exact) mass is 963 g/mol. The van der Waals surface area contributed by atoms with E-state index < -0.39 is 6.10 Å². The molecule has 0 aliphatic rings. The van der Waals surface area contributed by atoms with Crippen LogP contribution in [0.15, 0.2) is 72.9 Å². The molecular formula is C63H110O6. The number of carbonyl (C=O) groups excluding carboxylic acids is 3. The fourth-order valence-electron chi connectivity index (χ4n) is 8.35. The second-order valence-electron chi connectivity index (χ2n) is 19.5. The molecule has 1 unspecified atom stereocenters. The minimum Gasteiger partial charge on any atom is -0.462 e. The van der Waals surface area contributed by atoms with E-state index in [2.05, 4.69) is 87.6 Å². The number of hydrogen-bond donors (Lipinski definition) is 0. The molecule has 0 aromatic carbocycles. The van der Waals surface area contributed by atoms with Gasteiger partial charge in [-0.2, -0.15) is 0 Å². The number of hydrogen-bond acceptors (Lipinski definition) is 6. The highest BCUT2D eigenvalue weighted by Crippen LogP contribution is 2.17. The summed E-state index contributed by atoms with van der Waals surface area (Å²) in [6.07, 6.45) is 73.6. The van der Waals surface area contributed by atoms with Gasteiger partial charge in [-0.15, -0.1) is 0 Å². The summed E-state index contributed by atoms with van der Waals surface area (Å²) in [6, 6.07) is 0. The lowest BCUT2D eigenvalue weighted by molar-refractivity contribution is -0.166. The molecule has 1 atom stereocenters. The predicted molar refractivity (Wildman–Crippen MR) is 298 cm³/mol. The zero-order valence-corrected chi connectivity index (χ0v) is 45.6. The minimum atomic E-state index is -0.812. The molecule has 69 heavy (non-hydrogen) atoms. The van der Waals surface area contributed by atoms with Gasteiger partial charge in [0.25, 0.3) is 0 Å². The molecule has 0 aromatic rings. The SMILES string of the molecule is CC/C=C\C/C=C\C/C=C\C/C=C\C/C=C\C/C=C\CCC(=O)OC(COC(=O)CCCCCCCCCCC)COC(=O)CCCCCCCCCCCCCCCCCCCCCCCCC. The third kappa shape index (κ3) is 55.6. The number of esters is 3.